The lowest BCUT2D eigenvalue weighted by Crippen LogP contribution is -2.30. The summed E-state index contributed by atoms with van der Waals surface area (Å²) >= 11 is 0.798. The molecule has 0 spiro atoms. The van der Waals surface area contributed by atoms with E-state index in [9.17, 15) is 19.1 Å². The first kappa shape index (κ1) is 24.5. The number of carbonyl (C=O) groups is 2. The fourth-order valence-corrected chi connectivity index (χ4v) is 3.45. The van der Waals surface area contributed by atoms with Crippen molar-refractivity contribution in [2.24, 2.45) is 0 Å². The Balaban J connectivity index is 1.85. The highest BCUT2D eigenvalue weighted by molar-refractivity contribution is 7.11. The molecule has 0 fully saturated rings. The summed E-state index contributed by atoms with van der Waals surface area (Å²) in [4.78, 5) is 23.7. The van der Waals surface area contributed by atoms with Crippen LogP contribution in [0.1, 0.15) is 54.6 Å². The lowest BCUT2D eigenvalue weighted by atomic mass is 10.1. The van der Waals surface area contributed by atoms with E-state index in [1.807, 2.05) is 0 Å². The van der Waals surface area contributed by atoms with Gasteiger partial charge in [0.05, 0.1) is 0 Å². The molecule has 1 aromatic carbocycles. The van der Waals surface area contributed by atoms with Crippen molar-refractivity contribution in [1.29, 1.82) is 0 Å². The maximum Gasteiger partial charge on any atom is 0.344 e. The number of halogens is 1. The summed E-state index contributed by atoms with van der Waals surface area (Å²) in [6, 6.07) is 4.62. The Hall–Kier alpha value is -2.72. The van der Waals surface area contributed by atoms with Gasteiger partial charge < -0.3 is 20.5 Å². The van der Waals surface area contributed by atoms with Crippen LogP contribution in [0, 0.1) is 12.7 Å². The Bertz CT molecular complexity index is 888. The van der Waals surface area contributed by atoms with E-state index in [-0.39, 0.29) is 28.6 Å². The number of hydrogen-bond donors (Lipinski definition) is 4. The van der Waals surface area contributed by atoms with E-state index in [2.05, 4.69) is 34.2 Å². The van der Waals surface area contributed by atoms with Crippen LogP contribution in [0.3, 0.4) is 0 Å². The Morgan fingerprint density at radius 1 is 1.23 bits per heavy atom. The lowest BCUT2D eigenvalue weighted by Gasteiger charge is -2.09. The summed E-state index contributed by atoms with van der Waals surface area (Å²) in [6.45, 7) is 7.19. The number of aromatic carboxylic acids is 1. The number of aryl methyl sites for hydroxylation is 1. The van der Waals surface area contributed by atoms with Crippen LogP contribution >= 0.6 is 11.5 Å². The molecule has 2 amide bonds. The van der Waals surface area contributed by atoms with Crippen LogP contribution in [0.25, 0.3) is 0 Å². The molecule has 0 aliphatic heterocycles. The Morgan fingerprint density at radius 2 is 1.97 bits per heavy atom. The van der Waals surface area contributed by atoms with Crippen molar-refractivity contribution in [3.8, 4) is 5.88 Å². The van der Waals surface area contributed by atoms with Crippen molar-refractivity contribution >= 4 is 28.5 Å². The summed E-state index contributed by atoms with van der Waals surface area (Å²) in [6.07, 6.45) is 2.80. The van der Waals surface area contributed by atoms with E-state index in [0.29, 0.717) is 12.6 Å². The van der Waals surface area contributed by atoms with Crippen LogP contribution in [0.4, 0.5) is 14.2 Å². The summed E-state index contributed by atoms with van der Waals surface area (Å²) in [7, 11) is 0. The average Bonchev–Trinajstić information content (AvgIpc) is 3.09. The summed E-state index contributed by atoms with van der Waals surface area (Å²) < 4.78 is 23.3. The van der Waals surface area contributed by atoms with Crippen LogP contribution in [0.2, 0.25) is 0 Å². The third-order valence-electron chi connectivity index (χ3n) is 4.37. The molecule has 0 bridgehead atoms. The molecule has 2 aromatic rings. The van der Waals surface area contributed by atoms with Crippen molar-refractivity contribution in [2.75, 3.05) is 18.4 Å². The lowest BCUT2D eigenvalue weighted by molar-refractivity contribution is 0.0693. The van der Waals surface area contributed by atoms with Crippen LogP contribution in [0.5, 0.6) is 5.88 Å². The van der Waals surface area contributed by atoms with Crippen molar-refractivity contribution in [3.05, 3.63) is 40.7 Å². The number of amides is 2. The largest absolute Gasteiger partial charge is 0.477 e. The quantitative estimate of drug-likeness (QED) is 0.360. The number of benzene rings is 1. The summed E-state index contributed by atoms with van der Waals surface area (Å²) in [5.41, 5.74) is 0.795. The zero-order valence-corrected chi connectivity index (χ0v) is 18.8. The van der Waals surface area contributed by atoms with Crippen molar-refractivity contribution in [3.63, 3.8) is 0 Å². The fourth-order valence-electron chi connectivity index (χ4n) is 2.73. The number of ether oxygens (including phenoxy) is 1. The van der Waals surface area contributed by atoms with Crippen molar-refractivity contribution in [2.45, 2.75) is 52.7 Å². The normalized spacial score (nSPS) is 10.9. The second kappa shape index (κ2) is 12.2. The molecule has 0 unspecified atom stereocenters. The van der Waals surface area contributed by atoms with E-state index < -0.39 is 17.8 Å². The molecule has 0 saturated heterocycles. The van der Waals surface area contributed by atoms with Gasteiger partial charge in [0.1, 0.15) is 17.4 Å². The van der Waals surface area contributed by atoms with Crippen LogP contribution in [-0.4, -0.2) is 40.6 Å². The van der Waals surface area contributed by atoms with E-state index in [0.717, 1.165) is 42.9 Å². The first-order chi connectivity index (χ1) is 14.8. The minimum atomic E-state index is -1.29. The van der Waals surface area contributed by atoms with E-state index in [1.165, 1.54) is 6.07 Å². The molecular weight excluding hydrogens is 423 g/mol. The fraction of sp³-hybridized carbons (Fsp3) is 0.476. The van der Waals surface area contributed by atoms with Crippen LogP contribution < -0.4 is 20.7 Å². The van der Waals surface area contributed by atoms with Crippen LogP contribution in [-0.2, 0) is 6.61 Å². The first-order valence-corrected chi connectivity index (χ1v) is 10.9. The van der Waals surface area contributed by atoms with Gasteiger partial charge in [0.25, 0.3) is 0 Å². The number of rotatable bonds is 12. The molecule has 0 saturated carbocycles. The average molecular weight is 453 g/mol. The number of carboxylic acid groups (broad SMARTS) is 1. The molecule has 8 nitrogen and oxygen atoms in total. The highest BCUT2D eigenvalue weighted by atomic mass is 32.1. The minimum Gasteiger partial charge on any atom is -0.477 e. The smallest absolute Gasteiger partial charge is 0.344 e. The van der Waals surface area contributed by atoms with Gasteiger partial charge in [-0.3, -0.25) is 5.32 Å². The van der Waals surface area contributed by atoms with Gasteiger partial charge in [-0.25, -0.2) is 14.0 Å². The second-order valence-electron chi connectivity index (χ2n) is 7.43. The van der Waals surface area contributed by atoms with Gasteiger partial charge in [0.15, 0.2) is 5.56 Å². The SMILES string of the molecule is Cc1ccc(COc2nsc(NC(=O)NCCCCCNC(C)C)c2C(=O)O)c(F)c1. The molecule has 2 rings (SSSR count). The molecule has 1 heterocycles. The number of unbranched alkanes of at least 4 members (excludes halogenated alkanes) is 2. The topological polar surface area (TPSA) is 113 Å². The maximum absolute atomic E-state index is 14.0. The van der Waals surface area contributed by atoms with Gasteiger partial charge in [-0.1, -0.05) is 32.4 Å². The number of urea groups is 1. The minimum absolute atomic E-state index is 0.0607. The summed E-state index contributed by atoms with van der Waals surface area (Å²) in [5, 5.41) is 18.1. The number of anilines is 1. The second-order valence-corrected chi connectivity index (χ2v) is 8.20. The number of carbonyl (C=O) groups excluding carboxylic acids is 1. The predicted octanol–water partition coefficient (Wildman–Crippen LogP) is 4.16. The third kappa shape index (κ3) is 8.14. The highest BCUT2D eigenvalue weighted by Crippen LogP contribution is 2.31. The molecule has 0 aliphatic carbocycles. The predicted molar refractivity (Wildman–Crippen MR) is 119 cm³/mol. The van der Waals surface area contributed by atoms with Gasteiger partial charge in [-0.15, -0.1) is 0 Å². The van der Waals surface area contributed by atoms with E-state index in [1.54, 1.807) is 19.1 Å². The Morgan fingerprint density at radius 3 is 2.65 bits per heavy atom. The first-order valence-electron chi connectivity index (χ1n) is 10.2. The van der Waals surface area contributed by atoms with Crippen molar-refractivity contribution < 1.29 is 23.8 Å². The molecule has 10 heteroatoms. The Kier molecular flexibility index (Phi) is 9.67. The van der Waals surface area contributed by atoms with E-state index in [4.69, 9.17) is 4.74 Å². The molecule has 0 aliphatic rings. The number of carboxylic acids is 1. The van der Waals surface area contributed by atoms with Gasteiger partial charge in [-0.05, 0) is 49.5 Å². The van der Waals surface area contributed by atoms with E-state index >= 15 is 0 Å². The molecule has 31 heavy (non-hydrogen) atoms. The van der Waals surface area contributed by atoms with Gasteiger partial charge in [-0.2, -0.15) is 4.37 Å². The zero-order valence-electron chi connectivity index (χ0n) is 18.0. The maximum atomic E-state index is 14.0. The van der Waals surface area contributed by atoms with Gasteiger partial charge in [0, 0.05) is 18.2 Å². The molecule has 1 aromatic heterocycles. The number of nitrogens with zero attached hydrogens (tertiary/aromatic N) is 1. The van der Waals surface area contributed by atoms with Gasteiger partial charge >= 0.3 is 12.0 Å². The zero-order chi connectivity index (χ0) is 22.8. The summed E-state index contributed by atoms with van der Waals surface area (Å²) in [5.74, 6) is -1.89. The number of aromatic nitrogens is 1. The molecular formula is C21H29FN4O4S. The molecule has 0 radical (unpaired) electrons. The number of nitrogens with one attached hydrogen (secondary N) is 3. The molecule has 170 valence electrons. The molecule has 4 N–H and O–H groups in total. The van der Waals surface area contributed by atoms with Crippen molar-refractivity contribution in [1.82, 2.24) is 15.0 Å². The third-order valence-corrected chi connectivity index (χ3v) is 5.11. The highest BCUT2D eigenvalue weighted by Gasteiger charge is 2.23. The standard InChI is InChI=1S/C21H29FN4O4S/c1-13(2)23-9-5-4-6-10-24-21(29)25-19-17(20(27)28)18(26-31-19)30-12-15-8-7-14(3)11-16(15)22/h7-8,11,13,23H,4-6,9-10,12H2,1-3H3,(H,27,28)(H2,24,25,29). The monoisotopic (exact) mass is 452 g/mol. The molecule has 0 atom stereocenters. The Labute approximate surface area is 185 Å². The number of hydrogen-bond acceptors (Lipinski definition) is 6. The van der Waals surface area contributed by atoms with Crippen LogP contribution in [0.15, 0.2) is 18.2 Å². The van der Waals surface area contributed by atoms with Gasteiger partial charge in [0.2, 0.25) is 5.88 Å².